The van der Waals surface area contributed by atoms with Crippen molar-refractivity contribution in [3.05, 3.63) is 29.8 Å². The average Bonchev–Trinajstić information content (AvgIpc) is 2.48. The minimum atomic E-state index is -3.39. The first-order valence-corrected chi connectivity index (χ1v) is 9.99. The van der Waals surface area contributed by atoms with E-state index in [0.717, 1.165) is 23.6 Å². The van der Waals surface area contributed by atoms with Crippen LogP contribution in [0.2, 0.25) is 0 Å². The van der Waals surface area contributed by atoms with Gasteiger partial charge in [0.2, 0.25) is 10.0 Å². The summed E-state index contributed by atoms with van der Waals surface area (Å²) in [6.45, 7) is 7.54. The summed E-state index contributed by atoms with van der Waals surface area (Å²) in [5.74, 6) is 1.74. The SMILES string of the molecule is CCNC(C)c1cccc(S(=O)(=O)N2CCSCC2C)c1. The fraction of sp³-hybridized carbons (Fsp3) is 0.600. The van der Waals surface area contributed by atoms with Crippen molar-refractivity contribution < 1.29 is 8.42 Å². The Labute approximate surface area is 132 Å². The molecule has 6 heteroatoms. The molecule has 2 atom stereocenters. The van der Waals surface area contributed by atoms with Crippen LogP contribution >= 0.6 is 11.8 Å². The Morgan fingerprint density at radius 1 is 1.48 bits per heavy atom. The molecule has 0 radical (unpaired) electrons. The van der Waals surface area contributed by atoms with E-state index in [0.29, 0.717) is 11.4 Å². The third kappa shape index (κ3) is 3.80. The number of nitrogens with one attached hydrogen (secondary N) is 1. The molecule has 4 nitrogen and oxygen atoms in total. The van der Waals surface area contributed by atoms with Crippen LogP contribution in [-0.4, -0.2) is 43.4 Å². The molecule has 2 rings (SSSR count). The molecule has 1 heterocycles. The van der Waals surface area contributed by atoms with Crippen LogP contribution in [-0.2, 0) is 10.0 Å². The summed E-state index contributed by atoms with van der Waals surface area (Å²) in [6.07, 6.45) is 0. The van der Waals surface area contributed by atoms with Crippen LogP contribution in [0.25, 0.3) is 0 Å². The Balaban J connectivity index is 2.29. The second-order valence-electron chi connectivity index (χ2n) is 5.39. The highest BCUT2D eigenvalue weighted by Crippen LogP contribution is 2.26. The number of benzene rings is 1. The molecule has 0 spiro atoms. The van der Waals surface area contributed by atoms with Crippen molar-refractivity contribution in [2.24, 2.45) is 0 Å². The molecule has 1 aromatic carbocycles. The van der Waals surface area contributed by atoms with E-state index in [-0.39, 0.29) is 12.1 Å². The molecule has 1 fully saturated rings. The molecule has 0 amide bonds. The van der Waals surface area contributed by atoms with Crippen LogP contribution < -0.4 is 5.32 Å². The highest BCUT2D eigenvalue weighted by atomic mass is 32.2. The monoisotopic (exact) mass is 328 g/mol. The quantitative estimate of drug-likeness (QED) is 0.902. The van der Waals surface area contributed by atoms with Crippen LogP contribution in [0.15, 0.2) is 29.2 Å². The Kier molecular flexibility index (Phi) is 5.71. The maximum Gasteiger partial charge on any atom is 0.243 e. The van der Waals surface area contributed by atoms with E-state index < -0.39 is 10.0 Å². The van der Waals surface area contributed by atoms with Gasteiger partial charge in [-0.05, 0) is 38.1 Å². The maximum atomic E-state index is 12.8. The molecule has 0 aliphatic carbocycles. The van der Waals surface area contributed by atoms with E-state index >= 15 is 0 Å². The van der Waals surface area contributed by atoms with Crippen molar-refractivity contribution in [3.8, 4) is 0 Å². The molecule has 0 saturated carbocycles. The largest absolute Gasteiger partial charge is 0.310 e. The smallest absolute Gasteiger partial charge is 0.243 e. The molecule has 21 heavy (non-hydrogen) atoms. The molecular formula is C15H24N2O2S2. The lowest BCUT2D eigenvalue weighted by atomic mass is 10.1. The first-order valence-electron chi connectivity index (χ1n) is 7.39. The van der Waals surface area contributed by atoms with Crippen molar-refractivity contribution in [2.45, 2.75) is 37.8 Å². The van der Waals surface area contributed by atoms with E-state index in [4.69, 9.17) is 0 Å². The van der Waals surface area contributed by atoms with Crippen molar-refractivity contribution in [1.82, 2.24) is 9.62 Å². The number of rotatable bonds is 5. The van der Waals surface area contributed by atoms with Crippen molar-refractivity contribution in [2.75, 3.05) is 24.6 Å². The Morgan fingerprint density at radius 3 is 2.90 bits per heavy atom. The fourth-order valence-electron chi connectivity index (χ4n) is 2.57. The van der Waals surface area contributed by atoms with Crippen LogP contribution in [0, 0.1) is 0 Å². The molecule has 1 aromatic rings. The van der Waals surface area contributed by atoms with Gasteiger partial charge >= 0.3 is 0 Å². The van der Waals surface area contributed by atoms with Crippen LogP contribution in [0.3, 0.4) is 0 Å². The second kappa shape index (κ2) is 7.13. The number of thioether (sulfide) groups is 1. The third-order valence-corrected chi connectivity index (χ3v) is 6.98. The van der Waals surface area contributed by atoms with Gasteiger partial charge in [0, 0.05) is 30.1 Å². The first kappa shape index (κ1) is 16.8. The van der Waals surface area contributed by atoms with Gasteiger partial charge in [0.25, 0.3) is 0 Å². The molecule has 0 bridgehead atoms. The van der Waals surface area contributed by atoms with Gasteiger partial charge in [-0.25, -0.2) is 8.42 Å². The molecule has 2 unspecified atom stereocenters. The van der Waals surface area contributed by atoms with Gasteiger partial charge in [0.15, 0.2) is 0 Å². The van der Waals surface area contributed by atoms with Gasteiger partial charge in [-0.3, -0.25) is 0 Å². The van der Waals surface area contributed by atoms with E-state index in [1.54, 1.807) is 16.4 Å². The summed E-state index contributed by atoms with van der Waals surface area (Å²) in [7, 11) is -3.39. The van der Waals surface area contributed by atoms with Gasteiger partial charge in [0.1, 0.15) is 0 Å². The van der Waals surface area contributed by atoms with Crippen molar-refractivity contribution in [1.29, 1.82) is 0 Å². The van der Waals surface area contributed by atoms with Crippen LogP contribution in [0.4, 0.5) is 0 Å². The summed E-state index contributed by atoms with van der Waals surface area (Å²) < 4.78 is 27.3. The minimum Gasteiger partial charge on any atom is -0.310 e. The Hall–Kier alpha value is -0.560. The van der Waals surface area contributed by atoms with Gasteiger partial charge in [0.05, 0.1) is 4.90 Å². The van der Waals surface area contributed by atoms with Crippen LogP contribution in [0.5, 0.6) is 0 Å². The van der Waals surface area contributed by atoms with E-state index in [2.05, 4.69) is 12.2 Å². The summed E-state index contributed by atoms with van der Waals surface area (Å²) >= 11 is 1.82. The summed E-state index contributed by atoms with van der Waals surface area (Å²) in [5, 5.41) is 3.32. The molecular weight excluding hydrogens is 304 g/mol. The first-order chi connectivity index (χ1) is 9.96. The lowest BCUT2D eigenvalue weighted by molar-refractivity contribution is 0.367. The minimum absolute atomic E-state index is 0.0589. The fourth-order valence-corrected chi connectivity index (χ4v) is 5.48. The number of hydrogen-bond acceptors (Lipinski definition) is 4. The molecule has 1 N–H and O–H groups in total. The summed E-state index contributed by atoms with van der Waals surface area (Å²) in [5.41, 5.74) is 1.01. The molecule has 1 aliphatic rings. The maximum absolute atomic E-state index is 12.8. The zero-order valence-corrected chi connectivity index (χ0v) is 14.5. The Morgan fingerprint density at radius 2 is 2.24 bits per heavy atom. The second-order valence-corrected chi connectivity index (χ2v) is 8.43. The number of hydrogen-bond donors (Lipinski definition) is 1. The van der Waals surface area contributed by atoms with E-state index in [9.17, 15) is 8.42 Å². The predicted molar refractivity (Wildman–Crippen MR) is 89.2 cm³/mol. The zero-order valence-electron chi connectivity index (χ0n) is 12.9. The van der Waals surface area contributed by atoms with E-state index in [1.807, 2.05) is 37.7 Å². The van der Waals surface area contributed by atoms with Gasteiger partial charge in [-0.2, -0.15) is 16.1 Å². The summed E-state index contributed by atoms with van der Waals surface area (Å²) in [6, 6.07) is 7.52. The van der Waals surface area contributed by atoms with Gasteiger partial charge in [-0.15, -0.1) is 0 Å². The van der Waals surface area contributed by atoms with Crippen molar-refractivity contribution in [3.63, 3.8) is 0 Å². The lowest BCUT2D eigenvalue weighted by Gasteiger charge is -2.32. The molecule has 0 aromatic heterocycles. The molecule has 1 aliphatic heterocycles. The summed E-state index contributed by atoms with van der Waals surface area (Å²) in [4.78, 5) is 0.406. The molecule has 1 saturated heterocycles. The van der Waals surface area contributed by atoms with E-state index in [1.165, 1.54) is 0 Å². The molecule has 118 valence electrons. The lowest BCUT2D eigenvalue weighted by Crippen LogP contribution is -2.44. The van der Waals surface area contributed by atoms with Crippen molar-refractivity contribution >= 4 is 21.8 Å². The zero-order chi connectivity index (χ0) is 15.5. The predicted octanol–water partition coefficient (Wildman–Crippen LogP) is 2.48. The standard InChI is InChI=1S/C15H24N2O2S2/c1-4-16-13(3)14-6-5-7-15(10-14)21(18,19)17-8-9-20-11-12(17)2/h5-7,10,12-13,16H,4,8-9,11H2,1-3H3. The number of nitrogens with zero attached hydrogens (tertiary/aromatic N) is 1. The van der Waals surface area contributed by atoms with Gasteiger partial charge in [-0.1, -0.05) is 19.1 Å². The average molecular weight is 329 g/mol. The topological polar surface area (TPSA) is 49.4 Å². The normalized spacial score (nSPS) is 22.1. The van der Waals surface area contributed by atoms with Crippen LogP contribution in [0.1, 0.15) is 32.4 Å². The Bertz CT molecular complexity index is 575. The third-order valence-electron chi connectivity index (χ3n) is 3.78. The van der Waals surface area contributed by atoms with Gasteiger partial charge < -0.3 is 5.32 Å². The number of sulfonamides is 1. The highest BCUT2D eigenvalue weighted by molar-refractivity contribution is 7.99. The highest BCUT2D eigenvalue weighted by Gasteiger charge is 2.31.